The molecule has 0 bridgehead atoms. The minimum atomic E-state index is -5.08. The molecule has 0 aliphatic heterocycles. The van der Waals surface area contributed by atoms with Crippen LogP contribution in [-0.4, -0.2) is 0 Å². The van der Waals surface area contributed by atoms with Crippen molar-refractivity contribution in [1.82, 2.24) is 0 Å². The minimum absolute atomic E-state index is 0.317. The van der Waals surface area contributed by atoms with Crippen molar-refractivity contribution in [2.75, 3.05) is 0 Å². The van der Waals surface area contributed by atoms with Crippen LogP contribution >= 0.6 is 67.6 Å². The van der Waals surface area contributed by atoms with Crippen LogP contribution < -0.4 is 0 Å². The van der Waals surface area contributed by atoms with Crippen molar-refractivity contribution in [3.05, 3.63) is 87.9 Å². The van der Waals surface area contributed by atoms with Crippen molar-refractivity contribution in [3.63, 3.8) is 0 Å². The van der Waals surface area contributed by atoms with E-state index in [1.165, 1.54) is 21.9 Å². The monoisotopic (exact) mass is 631 g/mol. The number of benzene rings is 3. The molecule has 12 heteroatoms. The molecule has 0 spiro atoms. The summed E-state index contributed by atoms with van der Waals surface area (Å²) in [4.78, 5) is 1.77. The van der Waals surface area contributed by atoms with Crippen molar-refractivity contribution in [2.45, 2.75) is 14.7 Å². The van der Waals surface area contributed by atoms with Crippen LogP contribution in [0.2, 0.25) is 15.1 Å². The second-order valence-corrected chi connectivity index (χ2v) is 10.1. The topological polar surface area (TPSA) is 0 Å². The molecule has 0 fully saturated rings. The van der Waals surface area contributed by atoms with Crippen LogP contribution in [0.25, 0.3) is 0 Å². The predicted molar refractivity (Wildman–Crippen MR) is 117 cm³/mol. The van der Waals surface area contributed by atoms with Crippen LogP contribution in [0.1, 0.15) is 0 Å². The van der Waals surface area contributed by atoms with Gasteiger partial charge in [0.25, 0.3) is 0 Å². The summed E-state index contributed by atoms with van der Waals surface area (Å²) in [5.74, 6) is 0. The van der Waals surface area contributed by atoms with E-state index in [4.69, 9.17) is 34.8 Å². The molecule has 0 aliphatic carbocycles. The Balaban J connectivity index is 0.000000280. The molecule has 0 unspecified atom stereocenters. The maximum absolute atomic E-state index is 12.0. The zero-order chi connectivity index (χ0) is 22.6. The molecule has 3 aromatic rings. The Morgan fingerprint density at radius 1 is 0.567 bits per heavy atom. The van der Waals surface area contributed by atoms with Crippen LogP contribution in [0.4, 0.5) is 17.7 Å². The summed E-state index contributed by atoms with van der Waals surface area (Å²) in [6.07, 6.45) is 0. The fraction of sp³-hybridized carbons (Fsp3) is 0. The summed E-state index contributed by atoms with van der Waals surface area (Å²) < 4.78 is 55.2. The Kier molecular flexibility index (Phi) is 13.9. The Morgan fingerprint density at radius 2 is 0.833 bits per heavy atom. The summed E-state index contributed by atoms with van der Waals surface area (Å²) in [7, 11) is 3.41. The van der Waals surface area contributed by atoms with Crippen molar-refractivity contribution in [3.8, 4) is 0 Å². The van der Waals surface area contributed by atoms with Gasteiger partial charge in [0.05, 0.1) is 4.90 Å². The van der Waals surface area contributed by atoms with E-state index in [0.717, 1.165) is 22.2 Å². The van der Waals surface area contributed by atoms with Gasteiger partial charge >= 0.3 is 26.9 Å². The molecular weight excluding hydrogens is 622 g/mol. The number of halogens is 8. The van der Waals surface area contributed by atoms with E-state index in [1.807, 2.05) is 48.5 Å². The van der Waals surface area contributed by atoms with Gasteiger partial charge in [0.15, 0.2) is 0 Å². The second kappa shape index (κ2) is 14.9. The molecule has 3 aromatic carbocycles. The summed E-state index contributed by atoms with van der Waals surface area (Å²) in [6.45, 7) is 0. The quantitative estimate of drug-likeness (QED) is 0.159. The molecule has 0 amide bonds. The maximum atomic E-state index is 12.0. The molecule has 0 atom stereocenters. The number of rotatable bonds is 4. The first kappa shape index (κ1) is 28.0. The van der Waals surface area contributed by atoms with Crippen LogP contribution in [0.3, 0.4) is 0 Å². The van der Waals surface area contributed by atoms with Crippen molar-refractivity contribution < 1.29 is 38.6 Å². The Morgan fingerprint density at radius 3 is 1.10 bits per heavy atom. The van der Waals surface area contributed by atoms with E-state index in [2.05, 4.69) is 0 Å². The summed E-state index contributed by atoms with van der Waals surface area (Å²) in [5.41, 5.74) is 0. The van der Waals surface area contributed by atoms with Gasteiger partial charge in [-0.3, -0.25) is 0 Å². The van der Waals surface area contributed by atoms with Crippen molar-refractivity contribution in [1.29, 1.82) is 0 Å². The molecule has 0 aromatic heterocycles. The van der Waals surface area contributed by atoms with Gasteiger partial charge in [0.2, 0.25) is 11.2 Å². The van der Waals surface area contributed by atoms with Crippen LogP contribution in [-0.2, 0) is 20.8 Å². The molecule has 0 radical (unpaired) electrons. The Bertz CT molecular complexity index is 819. The van der Waals surface area contributed by atoms with E-state index in [-0.39, 0.29) is 0 Å². The number of hydrogen-bond acceptors (Lipinski definition) is 2. The summed E-state index contributed by atoms with van der Waals surface area (Å²) in [5, 5.41) is 1.85. The standard InChI is InChI=1S/C12H8Cl2S2.C6H4ClF3S.Ag.2FH/c13-9-1-5-11(6-2-9)15-16-12-7-3-10(14)4-8-12;7-5-1-3-6(4-2-5)11(8,9)10;;;/h1-8H;1-4H;;2*1H/q;;+2;;/p-2. The SMILES string of the molecule is Clc1ccc(SSc2ccc(Cl)cc2)cc1.FS(F)(F)c1ccc(Cl)cc1.[F][Ag][F]. The predicted octanol–water partition coefficient (Wildman–Crippen LogP) is 10.8. The molecule has 0 N–H and O–H groups in total. The van der Waals surface area contributed by atoms with Crippen LogP contribution in [0.15, 0.2) is 87.5 Å². The Hall–Kier alpha value is -0.0297. The van der Waals surface area contributed by atoms with Gasteiger partial charge in [-0.25, -0.2) is 0 Å². The van der Waals surface area contributed by atoms with Gasteiger partial charge in [-0.2, -0.15) is 0 Å². The zero-order valence-electron chi connectivity index (χ0n) is 14.5. The average Bonchev–Trinajstić information content (AvgIpc) is 2.70. The van der Waals surface area contributed by atoms with Gasteiger partial charge in [0.1, 0.15) is 0 Å². The third-order valence-electron chi connectivity index (χ3n) is 2.94. The van der Waals surface area contributed by atoms with E-state index in [9.17, 15) is 17.7 Å². The van der Waals surface area contributed by atoms with Crippen LogP contribution in [0.5, 0.6) is 0 Å². The first-order valence-corrected chi connectivity index (χ1v) is 13.2. The number of hydrogen-bond donors (Lipinski definition) is 0. The molecule has 3 rings (SSSR count). The third-order valence-corrected chi connectivity index (χ3v) is 6.92. The molecule has 0 heterocycles. The Labute approximate surface area is 207 Å². The summed E-state index contributed by atoms with van der Waals surface area (Å²) in [6, 6.07) is 20.1. The third kappa shape index (κ3) is 12.1. The summed E-state index contributed by atoms with van der Waals surface area (Å²) >= 11 is 10.0. The molecular formula is C18H12AgCl3F5S3. The molecule has 169 valence electrons. The molecule has 0 aliphatic rings. The molecule has 0 saturated heterocycles. The van der Waals surface area contributed by atoms with Gasteiger partial charge in [-0.1, -0.05) is 56.4 Å². The fourth-order valence-corrected chi connectivity index (χ4v) is 4.42. The average molecular weight is 634 g/mol. The van der Waals surface area contributed by atoms with Crippen molar-refractivity contribution in [2.24, 2.45) is 0 Å². The van der Waals surface area contributed by atoms with E-state index in [1.54, 1.807) is 21.6 Å². The van der Waals surface area contributed by atoms with Crippen molar-refractivity contribution >= 4 is 67.6 Å². The van der Waals surface area contributed by atoms with Crippen LogP contribution in [0, 0.1) is 0 Å². The first-order valence-electron chi connectivity index (χ1n) is 7.50. The second-order valence-electron chi connectivity index (χ2n) is 4.98. The zero-order valence-corrected chi connectivity index (χ0v) is 20.7. The normalized spacial score (nSPS) is 11.1. The molecule has 30 heavy (non-hydrogen) atoms. The van der Waals surface area contributed by atoms with E-state index >= 15 is 0 Å². The van der Waals surface area contributed by atoms with Gasteiger partial charge < -0.3 is 0 Å². The molecule has 0 saturated carbocycles. The van der Waals surface area contributed by atoms with Gasteiger partial charge in [-0.05, 0) is 72.8 Å². The van der Waals surface area contributed by atoms with Gasteiger partial charge in [-0.15, -0.1) is 11.7 Å². The molecule has 0 nitrogen and oxygen atoms in total. The first-order chi connectivity index (χ1) is 14.2. The van der Waals surface area contributed by atoms with E-state index < -0.39 is 36.9 Å². The fourth-order valence-electron chi connectivity index (χ4n) is 1.67. The van der Waals surface area contributed by atoms with E-state index in [0.29, 0.717) is 5.02 Å². The van der Waals surface area contributed by atoms with Gasteiger partial charge in [0, 0.05) is 24.9 Å².